The van der Waals surface area contributed by atoms with Gasteiger partial charge in [0.05, 0.1) is 13.1 Å². The minimum atomic E-state index is -0.317. The van der Waals surface area contributed by atoms with Gasteiger partial charge in [0.15, 0.2) is 0 Å². The Morgan fingerprint density at radius 1 is 1.28 bits per heavy atom. The number of carbonyl (C=O) groups excluding carboxylic acids is 2. The third-order valence-electron chi connectivity index (χ3n) is 2.89. The average Bonchev–Trinajstić information content (AvgIpc) is 2.54. The molecule has 102 valence electrons. The molecule has 0 unspecified atom stereocenters. The highest BCUT2D eigenvalue weighted by Gasteiger charge is 2.19. The van der Waals surface area contributed by atoms with Crippen molar-refractivity contribution in [2.75, 3.05) is 45.8 Å². The maximum absolute atomic E-state index is 11.9. The van der Waals surface area contributed by atoms with Crippen LogP contribution in [-0.2, 0) is 9.59 Å². The van der Waals surface area contributed by atoms with E-state index < -0.39 is 0 Å². The molecule has 0 aromatic rings. The molecule has 1 aliphatic rings. The fraction of sp³-hybridized carbons (Fsp3) is 0.667. The monoisotopic (exact) mass is 254 g/mol. The number of hydrogen-bond donors (Lipinski definition) is 2. The molecule has 1 fully saturated rings. The van der Waals surface area contributed by atoms with E-state index in [0.29, 0.717) is 26.2 Å². The van der Waals surface area contributed by atoms with Crippen LogP contribution in [0, 0.1) is 0 Å². The normalized spacial score (nSPS) is 17.2. The molecule has 3 N–H and O–H groups in total. The molecule has 6 heteroatoms. The van der Waals surface area contributed by atoms with Crippen molar-refractivity contribution in [1.82, 2.24) is 15.1 Å². The van der Waals surface area contributed by atoms with Crippen molar-refractivity contribution in [2.45, 2.75) is 6.42 Å². The predicted molar refractivity (Wildman–Crippen MR) is 69.9 cm³/mol. The Balaban J connectivity index is 2.34. The van der Waals surface area contributed by atoms with Crippen molar-refractivity contribution in [3.8, 4) is 0 Å². The molecule has 0 spiro atoms. The summed E-state index contributed by atoms with van der Waals surface area (Å²) in [6.07, 6.45) is 2.60. The van der Waals surface area contributed by atoms with E-state index in [0.717, 1.165) is 19.5 Å². The lowest BCUT2D eigenvalue weighted by Crippen LogP contribution is -2.41. The van der Waals surface area contributed by atoms with E-state index in [1.165, 1.54) is 0 Å². The maximum atomic E-state index is 11.9. The van der Waals surface area contributed by atoms with E-state index in [2.05, 4.69) is 11.9 Å². The first kappa shape index (κ1) is 14.7. The summed E-state index contributed by atoms with van der Waals surface area (Å²) < 4.78 is 0. The van der Waals surface area contributed by atoms with Crippen molar-refractivity contribution in [2.24, 2.45) is 5.73 Å². The second kappa shape index (κ2) is 7.84. The Hall–Kier alpha value is -1.40. The lowest BCUT2D eigenvalue weighted by Gasteiger charge is -2.21. The minimum absolute atomic E-state index is 0.0952. The largest absolute Gasteiger partial charge is 0.369 e. The van der Waals surface area contributed by atoms with Gasteiger partial charge in [-0.1, -0.05) is 6.08 Å². The SMILES string of the molecule is C=CCNCC(=O)N1CCCN(CC(N)=O)CC1. The van der Waals surface area contributed by atoms with Crippen molar-refractivity contribution in [3.63, 3.8) is 0 Å². The summed E-state index contributed by atoms with van der Waals surface area (Å²) in [5.41, 5.74) is 5.17. The minimum Gasteiger partial charge on any atom is -0.369 e. The van der Waals surface area contributed by atoms with Crippen molar-refractivity contribution >= 4 is 11.8 Å². The Bertz CT molecular complexity index is 306. The molecule has 18 heavy (non-hydrogen) atoms. The zero-order valence-corrected chi connectivity index (χ0v) is 10.7. The molecule has 0 bridgehead atoms. The fourth-order valence-corrected chi connectivity index (χ4v) is 1.99. The van der Waals surface area contributed by atoms with Crippen molar-refractivity contribution < 1.29 is 9.59 Å². The highest BCUT2D eigenvalue weighted by atomic mass is 16.2. The van der Waals surface area contributed by atoms with Crippen LogP contribution in [0.1, 0.15) is 6.42 Å². The van der Waals surface area contributed by atoms with E-state index in [-0.39, 0.29) is 18.4 Å². The van der Waals surface area contributed by atoms with Gasteiger partial charge in [0.25, 0.3) is 0 Å². The number of primary amides is 1. The van der Waals surface area contributed by atoms with Gasteiger partial charge < -0.3 is 16.0 Å². The fourth-order valence-electron chi connectivity index (χ4n) is 1.99. The number of carbonyl (C=O) groups is 2. The first-order valence-electron chi connectivity index (χ1n) is 6.23. The quantitative estimate of drug-likeness (QED) is 0.460. The van der Waals surface area contributed by atoms with Crippen LogP contribution in [0.4, 0.5) is 0 Å². The van der Waals surface area contributed by atoms with Gasteiger partial charge in [-0.15, -0.1) is 6.58 Å². The number of nitrogens with zero attached hydrogens (tertiary/aromatic N) is 2. The topological polar surface area (TPSA) is 78.7 Å². The van der Waals surface area contributed by atoms with Crippen LogP contribution in [0.15, 0.2) is 12.7 Å². The molecule has 1 aliphatic heterocycles. The molecule has 1 saturated heterocycles. The summed E-state index contributed by atoms with van der Waals surface area (Å²) in [4.78, 5) is 26.5. The smallest absolute Gasteiger partial charge is 0.236 e. The second-order valence-corrected chi connectivity index (χ2v) is 4.40. The van der Waals surface area contributed by atoms with Gasteiger partial charge in [0.1, 0.15) is 0 Å². The maximum Gasteiger partial charge on any atom is 0.236 e. The summed E-state index contributed by atoms with van der Waals surface area (Å²) in [6.45, 7) is 7.74. The third-order valence-corrected chi connectivity index (χ3v) is 2.89. The van der Waals surface area contributed by atoms with Crippen LogP contribution < -0.4 is 11.1 Å². The molecule has 1 rings (SSSR count). The second-order valence-electron chi connectivity index (χ2n) is 4.40. The van der Waals surface area contributed by atoms with Gasteiger partial charge in [-0.05, 0) is 6.42 Å². The lowest BCUT2D eigenvalue weighted by molar-refractivity contribution is -0.130. The summed E-state index contributed by atoms with van der Waals surface area (Å²) in [6, 6.07) is 0. The Kier molecular flexibility index (Phi) is 6.38. The van der Waals surface area contributed by atoms with Crippen LogP contribution >= 0.6 is 0 Å². The first-order valence-corrected chi connectivity index (χ1v) is 6.23. The van der Waals surface area contributed by atoms with Gasteiger partial charge in [-0.2, -0.15) is 0 Å². The molecule has 2 amide bonds. The molecule has 0 aromatic heterocycles. The predicted octanol–water partition coefficient (Wildman–Crippen LogP) is -1.22. The van der Waals surface area contributed by atoms with Crippen molar-refractivity contribution in [3.05, 3.63) is 12.7 Å². The number of nitrogens with two attached hydrogens (primary N) is 1. The number of hydrogen-bond acceptors (Lipinski definition) is 4. The molecular formula is C12H22N4O2. The van der Waals surface area contributed by atoms with Crippen LogP contribution in [-0.4, -0.2) is 67.4 Å². The zero-order valence-electron chi connectivity index (χ0n) is 10.7. The van der Waals surface area contributed by atoms with E-state index in [4.69, 9.17) is 5.73 Å². The van der Waals surface area contributed by atoms with Crippen LogP contribution in [0.5, 0.6) is 0 Å². The summed E-state index contributed by atoms with van der Waals surface area (Å²) >= 11 is 0. The van der Waals surface area contributed by atoms with Gasteiger partial charge in [-0.25, -0.2) is 0 Å². The van der Waals surface area contributed by atoms with Crippen LogP contribution in [0.2, 0.25) is 0 Å². The Morgan fingerprint density at radius 3 is 2.72 bits per heavy atom. The van der Waals surface area contributed by atoms with Crippen LogP contribution in [0.25, 0.3) is 0 Å². The zero-order chi connectivity index (χ0) is 13.4. The molecular weight excluding hydrogens is 232 g/mol. The summed E-state index contributed by atoms with van der Waals surface area (Å²) in [7, 11) is 0. The van der Waals surface area contributed by atoms with Crippen LogP contribution in [0.3, 0.4) is 0 Å². The molecule has 1 heterocycles. The Morgan fingerprint density at radius 2 is 2.06 bits per heavy atom. The highest BCUT2D eigenvalue weighted by Crippen LogP contribution is 2.02. The van der Waals surface area contributed by atoms with Gasteiger partial charge in [0, 0.05) is 32.7 Å². The van der Waals surface area contributed by atoms with E-state index in [1.54, 1.807) is 6.08 Å². The van der Waals surface area contributed by atoms with E-state index in [1.807, 2.05) is 9.80 Å². The number of amides is 2. The first-order chi connectivity index (χ1) is 8.63. The molecule has 0 radical (unpaired) electrons. The van der Waals surface area contributed by atoms with Crippen molar-refractivity contribution in [1.29, 1.82) is 0 Å². The summed E-state index contributed by atoms with van der Waals surface area (Å²) in [5, 5.41) is 3.00. The van der Waals surface area contributed by atoms with Gasteiger partial charge >= 0.3 is 0 Å². The van der Waals surface area contributed by atoms with E-state index in [9.17, 15) is 9.59 Å². The lowest BCUT2D eigenvalue weighted by atomic mass is 10.3. The molecule has 0 saturated carbocycles. The standard InChI is InChI=1S/C12H22N4O2/c1-2-4-14-9-12(18)16-6-3-5-15(7-8-16)10-11(13)17/h2,14H,1,3-10H2,(H2,13,17). The molecule has 0 atom stereocenters. The van der Waals surface area contributed by atoms with E-state index >= 15 is 0 Å². The number of nitrogens with one attached hydrogen (secondary N) is 1. The molecule has 6 nitrogen and oxygen atoms in total. The highest BCUT2D eigenvalue weighted by molar-refractivity contribution is 5.78. The molecule has 0 aromatic carbocycles. The third kappa shape index (κ3) is 5.29. The summed E-state index contributed by atoms with van der Waals surface area (Å²) in [5.74, 6) is -0.222. The molecule has 0 aliphatic carbocycles. The average molecular weight is 254 g/mol. The van der Waals surface area contributed by atoms with Gasteiger partial charge in [-0.3, -0.25) is 14.5 Å². The Labute approximate surface area is 108 Å². The number of rotatable bonds is 6. The van der Waals surface area contributed by atoms with Gasteiger partial charge in [0.2, 0.25) is 11.8 Å².